The van der Waals surface area contributed by atoms with Crippen LogP contribution in [0.4, 0.5) is 13.2 Å². The van der Waals surface area contributed by atoms with Crippen molar-refractivity contribution in [2.45, 2.75) is 18.6 Å². The topological polar surface area (TPSA) is 59.3 Å². The molecule has 0 aliphatic carbocycles. The van der Waals surface area contributed by atoms with Crippen molar-refractivity contribution in [3.8, 4) is 11.8 Å². The Labute approximate surface area is 121 Å². The molecule has 0 bridgehead atoms. The molecule has 0 atom stereocenters. The molecule has 0 heterocycles. The minimum absolute atomic E-state index is 0.0379. The van der Waals surface area contributed by atoms with Gasteiger partial charge in [-0.25, -0.2) is 4.79 Å². The third kappa shape index (κ3) is 4.13. The fourth-order valence-corrected chi connectivity index (χ4v) is 1.86. The number of ether oxygens (including phenoxy) is 2. The summed E-state index contributed by atoms with van der Waals surface area (Å²) in [5.74, 6) is -1.42. The maximum absolute atomic E-state index is 12.3. The van der Waals surface area contributed by atoms with Crippen molar-refractivity contribution in [1.82, 2.24) is 0 Å². The van der Waals surface area contributed by atoms with Crippen LogP contribution in [0.1, 0.15) is 28.4 Å². The van der Waals surface area contributed by atoms with E-state index in [9.17, 15) is 18.0 Å². The van der Waals surface area contributed by atoms with E-state index in [1.165, 1.54) is 0 Å². The predicted octanol–water partition coefficient (Wildman–Crippen LogP) is 3.53. The third-order valence-corrected chi connectivity index (χ3v) is 2.79. The highest BCUT2D eigenvalue weighted by molar-refractivity contribution is 9.08. The average Bonchev–Trinajstić information content (AvgIpc) is 2.36. The molecule has 0 aliphatic rings. The van der Waals surface area contributed by atoms with E-state index in [4.69, 9.17) is 10.00 Å². The zero-order chi connectivity index (χ0) is 15.3. The second-order valence-electron chi connectivity index (χ2n) is 3.52. The van der Waals surface area contributed by atoms with Gasteiger partial charge in [-0.2, -0.15) is 5.26 Å². The monoisotopic (exact) mass is 351 g/mol. The van der Waals surface area contributed by atoms with Gasteiger partial charge in [0, 0.05) is 10.9 Å². The Morgan fingerprint density at radius 2 is 2.10 bits per heavy atom. The van der Waals surface area contributed by atoms with Crippen molar-refractivity contribution in [3.63, 3.8) is 0 Å². The summed E-state index contributed by atoms with van der Waals surface area (Å²) in [6.07, 6.45) is -4.89. The van der Waals surface area contributed by atoms with E-state index in [0.717, 1.165) is 12.1 Å². The number of alkyl halides is 4. The van der Waals surface area contributed by atoms with Crippen LogP contribution < -0.4 is 4.74 Å². The molecule has 1 aromatic carbocycles. The molecule has 0 aliphatic heterocycles. The predicted molar refractivity (Wildman–Crippen MR) is 66.4 cm³/mol. The Morgan fingerprint density at radius 3 is 2.55 bits per heavy atom. The van der Waals surface area contributed by atoms with Crippen molar-refractivity contribution >= 4 is 21.9 Å². The number of hydrogen-bond donors (Lipinski definition) is 0. The van der Waals surface area contributed by atoms with Crippen LogP contribution in [0.5, 0.6) is 5.75 Å². The maximum atomic E-state index is 12.3. The molecule has 1 rings (SSSR count). The smallest absolute Gasteiger partial charge is 0.462 e. The lowest BCUT2D eigenvalue weighted by Crippen LogP contribution is -2.19. The molecule has 0 saturated carbocycles. The van der Waals surface area contributed by atoms with Crippen LogP contribution >= 0.6 is 15.9 Å². The normalized spacial score (nSPS) is 10.8. The van der Waals surface area contributed by atoms with Crippen LogP contribution in [-0.4, -0.2) is 18.9 Å². The Balaban J connectivity index is 3.34. The molecule has 0 radical (unpaired) electrons. The zero-order valence-electron chi connectivity index (χ0n) is 10.3. The van der Waals surface area contributed by atoms with Crippen LogP contribution in [0.15, 0.2) is 12.1 Å². The van der Waals surface area contributed by atoms with Gasteiger partial charge in [0.25, 0.3) is 0 Å². The highest BCUT2D eigenvalue weighted by atomic mass is 79.9. The van der Waals surface area contributed by atoms with Crippen molar-refractivity contribution in [2.24, 2.45) is 0 Å². The van der Waals surface area contributed by atoms with Crippen molar-refractivity contribution in [1.29, 1.82) is 5.26 Å². The summed E-state index contributed by atoms with van der Waals surface area (Å²) in [4.78, 5) is 11.6. The number of benzene rings is 1. The fourth-order valence-electron chi connectivity index (χ4n) is 1.42. The lowest BCUT2D eigenvalue weighted by atomic mass is 10.0. The Morgan fingerprint density at radius 1 is 1.45 bits per heavy atom. The number of carbonyl (C=O) groups is 1. The first-order valence-corrected chi connectivity index (χ1v) is 6.50. The first-order valence-electron chi connectivity index (χ1n) is 5.38. The van der Waals surface area contributed by atoms with E-state index in [1.807, 2.05) is 0 Å². The van der Waals surface area contributed by atoms with Gasteiger partial charge in [0.05, 0.1) is 17.7 Å². The van der Waals surface area contributed by atoms with Crippen LogP contribution in [0, 0.1) is 11.3 Å². The highest BCUT2D eigenvalue weighted by Gasteiger charge is 2.33. The van der Waals surface area contributed by atoms with E-state index >= 15 is 0 Å². The summed E-state index contributed by atoms with van der Waals surface area (Å²) < 4.78 is 45.4. The molecule has 0 fully saturated rings. The van der Waals surface area contributed by atoms with Crippen molar-refractivity contribution < 1.29 is 27.4 Å². The lowest BCUT2D eigenvalue weighted by Gasteiger charge is -2.14. The van der Waals surface area contributed by atoms with Gasteiger partial charge in [0.2, 0.25) is 0 Å². The second-order valence-corrected chi connectivity index (χ2v) is 4.08. The quantitative estimate of drug-likeness (QED) is 0.615. The number of nitrogens with zero attached hydrogens (tertiary/aromatic N) is 1. The average molecular weight is 352 g/mol. The molecular formula is C12H9BrF3NO3. The van der Waals surface area contributed by atoms with Crippen LogP contribution in [0.25, 0.3) is 0 Å². The number of esters is 1. The summed E-state index contributed by atoms with van der Waals surface area (Å²) >= 11 is 3.00. The maximum Gasteiger partial charge on any atom is 0.573 e. The third-order valence-electron chi connectivity index (χ3n) is 2.19. The lowest BCUT2D eigenvalue weighted by molar-refractivity contribution is -0.274. The highest BCUT2D eigenvalue weighted by Crippen LogP contribution is 2.31. The summed E-state index contributed by atoms with van der Waals surface area (Å²) in [7, 11) is 0. The van der Waals surface area contributed by atoms with E-state index < -0.39 is 18.1 Å². The van der Waals surface area contributed by atoms with Crippen LogP contribution in [-0.2, 0) is 10.1 Å². The van der Waals surface area contributed by atoms with Gasteiger partial charge >= 0.3 is 12.3 Å². The first-order chi connectivity index (χ1) is 9.32. The number of hydrogen-bond acceptors (Lipinski definition) is 4. The minimum atomic E-state index is -4.89. The Bertz CT molecular complexity index is 552. The zero-order valence-corrected chi connectivity index (χ0v) is 11.8. The van der Waals surface area contributed by atoms with Gasteiger partial charge < -0.3 is 9.47 Å². The van der Waals surface area contributed by atoms with Gasteiger partial charge in [0.1, 0.15) is 11.8 Å². The van der Waals surface area contributed by atoms with Crippen LogP contribution in [0.2, 0.25) is 0 Å². The molecule has 1 aromatic rings. The van der Waals surface area contributed by atoms with Gasteiger partial charge in [0.15, 0.2) is 0 Å². The molecule has 0 unspecified atom stereocenters. The van der Waals surface area contributed by atoms with E-state index in [2.05, 4.69) is 20.7 Å². The molecule has 0 amide bonds. The largest absolute Gasteiger partial charge is 0.573 e. The molecule has 4 nitrogen and oxygen atoms in total. The molecule has 0 saturated heterocycles. The fraction of sp³-hybridized carbons (Fsp3) is 0.333. The summed E-state index contributed by atoms with van der Waals surface area (Å²) in [6, 6.07) is 3.76. The van der Waals surface area contributed by atoms with Crippen molar-refractivity contribution in [3.05, 3.63) is 28.8 Å². The van der Waals surface area contributed by atoms with Crippen molar-refractivity contribution in [2.75, 3.05) is 6.61 Å². The molecule has 8 heteroatoms. The Hall–Kier alpha value is -1.75. The number of halogens is 4. The van der Waals surface area contributed by atoms with Crippen LogP contribution in [0.3, 0.4) is 0 Å². The van der Waals surface area contributed by atoms with E-state index in [-0.39, 0.29) is 28.6 Å². The molecule has 0 aromatic heterocycles. The van der Waals surface area contributed by atoms with E-state index in [0.29, 0.717) is 0 Å². The molecular weight excluding hydrogens is 343 g/mol. The SMILES string of the molecule is CCOC(=O)c1cc(OC(F)(F)F)c(CBr)cc1C#N. The minimum Gasteiger partial charge on any atom is -0.462 e. The number of rotatable bonds is 4. The molecule has 20 heavy (non-hydrogen) atoms. The van der Waals surface area contributed by atoms with Gasteiger partial charge in [-0.15, -0.1) is 13.2 Å². The summed E-state index contributed by atoms with van der Waals surface area (Å²) in [6.45, 7) is 1.59. The molecule has 108 valence electrons. The van der Waals surface area contributed by atoms with Gasteiger partial charge in [-0.3, -0.25) is 0 Å². The first kappa shape index (κ1) is 16.3. The van der Waals surface area contributed by atoms with Gasteiger partial charge in [-0.05, 0) is 19.1 Å². The number of nitriles is 1. The second kappa shape index (κ2) is 6.61. The molecule has 0 spiro atoms. The van der Waals surface area contributed by atoms with E-state index in [1.54, 1.807) is 13.0 Å². The molecule has 0 N–H and O–H groups in total. The number of carbonyl (C=O) groups excluding carboxylic acids is 1. The standard InChI is InChI=1S/C12H9BrF3NO3/c1-2-19-11(18)9-4-10(20-12(14,15)16)7(5-13)3-8(9)6-17/h3-4H,2,5H2,1H3. The summed E-state index contributed by atoms with van der Waals surface area (Å²) in [5.41, 5.74) is -0.238. The van der Waals surface area contributed by atoms with Gasteiger partial charge in [-0.1, -0.05) is 15.9 Å². The Kier molecular flexibility index (Phi) is 5.39. The summed E-state index contributed by atoms with van der Waals surface area (Å²) in [5, 5.41) is 8.98.